The maximum absolute atomic E-state index is 14.5. The minimum atomic E-state index is -0.677. The predicted octanol–water partition coefficient (Wildman–Crippen LogP) is 5.21. The van der Waals surface area contributed by atoms with Gasteiger partial charge in [-0.2, -0.15) is 5.10 Å². The van der Waals surface area contributed by atoms with Crippen molar-refractivity contribution in [2.75, 3.05) is 6.54 Å². The second-order valence-electron chi connectivity index (χ2n) is 10.4. The lowest BCUT2D eigenvalue weighted by Crippen LogP contribution is -2.38. The van der Waals surface area contributed by atoms with Crippen molar-refractivity contribution in [1.82, 2.24) is 30.5 Å². The molecule has 8 nitrogen and oxygen atoms in total. The molecule has 10 heteroatoms. The first kappa shape index (κ1) is 24.3. The van der Waals surface area contributed by atoms with Gasteiger partial charge in [0, 0.05) is 12.7 Å². The Bertz CT molecular complexity index is 1550. The summed E-state index contributed by atoms with van der Waals surface area (Å²) in [6, 6.07) is 5.53. The number of nitrogens with one attached hydrogen (secondary N) is 1. The highest BCUT2D eigenvalue weighted by atomic mass is 19.1. The Labute approximate surface area is 218 Å². The molecule has 2 aliphatic carbocycles. The number of benzene rings is 1. The number of rotatable bonds is 6. The van der Waals surface area contributed by atoms with Crippen LogP contribution in [0.3, 0.4) is 0 Å². The maximum Gasteiger partial charge on any atom is 0.273 e. The summed E-state index contributed by atoms with van der Waals surface area (Å²) < 4.78 is 34.6. The lowest BCUT2D eigenvalue weighted by molar-refractivity contribution is 0.0948. The van der Waals surface area contributed by atoms with Crippen molar-refractivity contribution < 1.29 is 18.0 Å². The van der Waals surface area contributed by atoms with Gasteiger partial charge >= 0.3 is 0 Å². The summed E-state index contributed by atoms with van der Waals surface area (Å²) in [7, 11) is 0. The number of fused-ring (bicyclic) bond motifs is 5. The lowest BCUT2D eigenvalue weighted by atomic mass is 9.66. The van der Waals surface area contributed by atoms with Gasteiger partial charge in [-0.05, 0) is 54.4 Å². The second kappa shape index (κ2) is 8.75. The molecule has 1 aromatic carbocycles. The molecule has 194 valence electrons. The van der Waals surface area contributed by atoms with Crippen molar-refractivity contribution in [1.29, 1.82) is 0 Å². The summed E-state index contributed by atoms with van der Waals surface area (Å²) in [4.78, 5) is 25.9. The van der Waals surface area contributed by atoms with Crippen LogP contribution in [0.4, 0.5) is 8.78 Å². The zero-order valence-electron chi connectivity index (χ0n) is 21.3. The molecule has 3 heterocycles. The molecular weight excluding hydrogens is 490 g/mol. The number of hydrogen-bond donors (Lipinski definition) is 1. The Morgan fingerprint density at radius 3 is 2.68 bits per heavy atom. The third-order valence-electron chi connectivity index (χ3n) is 8.16. The Morgan fingerprint density at radius 1 is 1.13 bits per heavy atom. The molecule has 0 saturated heterocycles. The number of carbonyl (C=O) groups excluding carboxylic acids is 1. The highest BCUT2D eigenvalue weighted by Gasteiger charge is 2.65. The SMILES string of the molecule is CCCNC(=O)c1coc(-c2cncc([C@@]34CC[C@@H](c5cc(-c6c(F)cccc6F)nnc53)C4(C)C)n2)n1. The summed E-state index contributed by atoms with van der Waals surface area (Å²) >= 11 is 0. The van der Waals surface area contributed by atoms with E-state index in [1.165, 1.54) is 24.5 Å². The van der Waals surface area contributed by atoms with Crippen LogP contribution in [0.2, 0.25) is 0 Å². The highest BCUT2D eigenvalue weighted by molar-refractivity contribution is 5.92. The minimum absolute atomic E-state index is 0.0997. The van der Waals surface area contributed by atoms with Crippen LogP contribution < -0.4 is 5.32 Å². The van der Waals surface area contributed by atoms with Crippen molar-refractivity contribution in [3.05, 3.63) is 77.2 Å². The van der Waals surface area contributed by atoms with E-state index in [2.05, 4.69) is 39.3 Å². The molecule has 2 atom stereocenters. The zero-order chi connectivity index (χ0) is 26.7. The summed E-state index contributed by atoms with van der Waals surface area (Å²) in [6.07, 6.45) is 7.01. The number of amides is 1. The monoisotopic (exact) mass is 516 g/mol. The van der Waals surface area contributed by atoms with E-state index >= 15 is 0 Å². The van der Waals surface area contributed by atoms with E-state index < -0.39 is 17.0 Å². The number of hydrogen-bond acceptors (Lipinski definition) is 7. The van der Waals surface area contributed by atoms with Crippen molar-refractivity contribution in [3.8, 4) is 22.8 Å². The summed E-state index contributed by atoms with van der Waals surface area (Å²) in [6.45, 7) is 6.83. The third kappa shape index (κ3) is 3.39. The first-order valence-electron chi connectivity index (χ1n) is 12.7. The molecule has 2 aliphatic rings. The molecular formula is C28H26F2N6O2. The van der Waals surface area contributed by atoms with Crippen molar-refractivity contribution in [2.24, 2.45) is 5.41 Å². The number of halogens is 2. The molecule has 1 amide bonds. The molecule has 0 unspecified atom stereocenters. The number of carbonyl (C=O) groups is 1. The van der Waals surface area contributed by atoms with Gasteiger partial charge in [0.05, 0.1) is 34.3 Å². The van der Waals surface area contributed by atoms with Crippen molar-refractivity contribution in [2.45, 2.75) is 51.4 Å². The van der Waals surface area contributed by atoms with Gasteiger partial charge in [-0.15, -0.1) is 5.10 Å². The Morgan fingerprint density at radius 2 is 1.92 bits per heavy atom. The topological polar surface area (TPSA) is 107 Å². The average molecular weight is 517 g/mol. The van der Waals surface area contributed by atoms with E-state index in [-0.39, 0.29) is 40.1 Å². The van der Waals surface area contributed by atoms with Crippen LogP contribution in [0.15, 0.2) is 47.3 Å². The molecule has 1 N–H and O–H groups in total. The second-order valence-corrected chi connectivity index (χ2v) is 10.4. The standard InChI is InChI=1S/C28H26F2N6O2/c1-4-10-32-25(37)21-14-38-26(34-21)20-12-31-13-22(33-20)28-9-8-16(27(28,2)3)15-11-19(35-36-24(15)28)23-17(29)6-5-7-18(23)30/h5-7,11-14,16H,4,8-10H2,1-3H3,(H,32,37)/t16-,28-/m0/s1. The van der Waals surface area contributed by atoms with Gasteiger partial charge in [0.2, 0.25) is 5.89 Å². The van der Waals surface area contributed by atoms with E-state index in [0.29, 0.717) is 17.9 Å². The van der Waals surface area contributed by atoms with Crippen molar-refractivity contribution in [3.63, 3.8) is 0 Å². The normalized spacial score (nSPS) is 20.9. The van der Waals surface area contributed by atoms with Crippen LogP contribution in [-0.4, -0.2) is 37.6 Å². The van der Waals surface area contributed by atoms with E-state index in [1.54, 1.807) is 18.5 Å². The van der Waals surface area contributed by atoms with Crippen LogP contribution in [0.1, 0.15) is 73.4 Å². The number of nitrogens with zero attached hydrogens (tertiary/aromatic N) is 5. The van der Waals surface area contributed by atoms with Gasteiger partial charge in [-0.3, -0.25) is 9.78 Å². The van der Waals surface area contributed by atoms with E-state index in [4.69, 9.17) is 9.40 Å². The molecule has 4 aromatic rings. The van der Waals surface area contributed by atoms with Crippen LogP contribution >= 0.6 is 0 Å². The Hall–Kier alpha value is -4.08. The smallest absolute Gasteiger partial charge is 0.273 e. The van der Waals surface area contributed by atoms with Gasteiger partial charge < -0.3 is 9.73 Å². The first-order valence-corrected chi connectivity index (χ1v) is 12.7. The third-order valence-corrected chi connectivity index (χ3v) is 8.16. The quantitative estimate of drug-likeness (QED) is 0.375. The van der Waals surface area contributed by atoms with E-state index in [1.807, 2.05) is 6.92 Å². The zero-order valence-corrected chi connectivity index (χ0v) is 21.3. The van der Waals surface area contributed by atoms with E-state index in [9.17, 15) is 13.6 Å². The maximum atomic E-state index is 14.5. The van der Waals surface area contributed by atoms with Gasteiger partial charge in [-0.25, -0.2) is 18.7 Å². The fourth-order valence-electron chi connectivity index (χ4n) is 6.26. The lowest BCUT2D eigenvalue weighted by Gasteiger charge is -2.37. The van der Waals surface area contributed by atoms with Gasteiger partial charge in [0.25, 0.3) is 5.91 Å². The molecule has 0 spiro atoms. The van der Waals surface area contributed by atoms with Gasteiger partial charge in [0.15, 0.2) is 5.69 Å². The summed E-state index contributed by atoms with van der Waals surface area (Å²) in [5.74, 6) is -1.37. The van der Waals surface area contributed by atoms with Crippen LogP contribution in [0, 0.1) is 17.0 Å². The van der Waals surface area contributed by atoms with Gasteiger partial charge in [0.1, 0.15) is 23.6 Å². The van der Waals surface area contributed by atoms with Crippen LogP contribution in [-0.2, 0) is 5.41 Å². The first-order chi connectivity index (χ1) is 18.3. The van der Waals surface area contributed by atoms with Gasteiger partial charge in [-0.1, -0.05) is 26.8 Å². The number of oxazole rings is 1. The Kier molecular flexibility index (Phi) is 5.59. The molecule has 6 rings (SSSR count). The molecule has 38 heavy (non-hydrogen) atoms. The van der Waals surface area contributed by atoms with Crippen molar-refractivity contribution >= 4 is 5.91 Å². The fraction of sp³-hybridized carbons (Fsp3) is 0.357. The molecule has 3 aromatic heterocycles. The molecule has 0 radical (unpaired) electrons. The number of aromatic nitrogens is 5. The molecule has 2 bridgehead atoms. The molecule has 0 aliphatic heterocycles. The van der Waals surface area contributed by atoms with Crippen LogP contribution in [0.25, 0.3) is 22.8 Å². The molecule has 1 fully saturated rings. The molecule has 1 saturated carbocycles. The minimum Gasteiger partial charge on any atom is -0.442 e. The largest absolute Gasteiger partial charge is 0.442 e. The highest BCUT2D eigenvalue weighted by Crippen LogP contribution is 2.69. The summed E-state index contributed by atoms with van der Waals surface area (Å²) in [5, 5.41) is 11.6. The Balaban J connectivity index is 1.42. The average Bonchev–Trinajstić information content (AvgIpc) is 3.56. The predicted molar refractivity (Wildman–Crippen MR) is 134 cm³/mol. The van der Waals surface area contributed by atoms with E-state index in [0.717, 1.165) is 30.5 Å². The fourth-order valence-corrected chi connectivity index (χ4v) is 6.26. The summed E-state index contributed by atoms with van der Waals surface area (Å²) in [5.41, 5.74) is 2.00. The van der Waals surface area contributed by atoms with Crippen LogP contribution in [0.5, 0.6) is 0 Å².